The van der Waals surface area contributed by atoms with E-state index in [1.807, 2.05) is 6.92 Å². The molecule has 1 unspecified atom stereocenters. The molecule has 1 aromatic heterocycles. The van der Waals surface area contributed by atoms with Gasteiger partial charge in [-0.2, -0.15) is 0 Å². The van der Waals surface area contributed by atoms with E-state index in [9.17, 15) is 0 Å². The highest BCUT2D eigenvalue weighted by molar-refractivity contribution is 5.12. The third kappa shape index (κ3) is 1.50. The Balaban J connectivity index is 1.98. The second kappa shape index (κ2) is 3.27. The van der Waals surface area contributed by atoms with Crippen LogP contribution >= 0.6 is 0 Å². The van der Waals surface area contributed by atoms with Gasteiger partial charge in [-0.25, -0.2) is 0 Å². The van der Waals surface area contributed by atoms with E-state index in [0.29, 0.717) is 6.04 Å². The lowest BCUT2D eigenvalue weighted by Gasteiger charge is -2.06. The Kier molecular flexibility index (Phi) is 2.13. The van der Waals surface area contributed by atoms with Gasteiger partial charge < -0.3 is 9.84 Å². The Morgan fingerprint density at radius 1 is 1.75 bits per heavy atom. The van der Waals surface area contributed by atoms with Crippen molar-refractivity contribution in [1.82, 2.24) is 10.5 Å². The van der Waals surface area contributed by atoms with Crippen LogP contribution in [0.25, 0.3) is 0 Å². The van der Waals surface area contributed by atoms with Crippen LogP contribution in [-0.2, 0) is 6.42 Å². The number of nitrogens with zero attached hydrogens (tertiary/aromatic N) is 1. The van der Waals surface area contributed by atoms with Crippen molar-refractivity contribution >= 4 is 0 Å². The summed E-state index contributed by atoms with van der Waals surface area (Å²) in [7, 11) is 0. The summed E-state index contributed by atoms with van der Waals surface area (Å²) < 4.78 is 5.14. The minimum atomic E-state index is 0.608. The zero-order valence-electron chi connectivity index (χ0n) is 7.34. The molecule has 3 heteroatoms. The van der Waals surface area contributed by atoms with E-state index in [4.69, 9.17) is 4.52 Å². The molecule has 66 valence electrons. The quantitative estimate of drug-likeness (QED) is 0.719. The maximum Gasteiger partial charge on any atom is 0.141 e. The Morgan fingerprint density at radius 3 is 3.25 bits per heavy atom. The molecule has 2 heterocycles. The maximum atomic E-state index is 5.14. The summed E-state index contributed by atoms with van der Waals surface area (Å²) >= 11 is 0. The van der Waals surface area contributed by atoms with Gasteiger partial charge in [-0.05, 0) is 26.3 Å². The Bertz CT molecular complexity index is 251. The lowest BCUT2D eigenvalue weighted by Crippen LogP contribution is -2.23. The molecule has 0 saturated carbocycles. The van der Waals surface area contributed by atoms with Gasteiger partial charge in [0.2, 0.25) is 0 Å². The highest BCUT2D eigenvalue weighted by Gasteiger charge is 2.17. The zero-order chi connectivity index (χ0) is 8.39. The van der Waals surface area contributed by atoms with Crippen LogP contribution in [0, 0.1) is 6.92 Å². The summed E-state index contributed by atoms with van der Waals surface area (Å²) in [6.07, 6.45) is 5.33. The fourth-order valence-electron chi connectivity index (χ4n) is 1.67. The molecule has 1 aliphatic rings. The second-order valence-electron chi connectivity index (χ2n) is 3.43. The smallest absolute Gasteiger partial charge is 0.141 e. The van der Waals surface area contributed by atoms with Crippen molar-refractivity contribution in [3.63, 3.8) is 0 Å². The number of hydrogen-bond donors (Lipinski definition) is 1. The molecule has 0 spiro atoms. The molecule has 3 nitrogen and oxygen atoms in total. The lowest BCUT2D eigenvalue weighted by molar-refractivity contribution is 0.368. The van der Waals surface area contributed by atoms with E-state index in [2.05, 4.69) is 10.5 Å². The van der Waals surface area contributed by atoms with Crippen molar-refractivity contribution in [2.24, 2.45) is 0 Å². The molecule has 0 aliphatic carbocycles. The first-order chi connectivity index (χ1) is 5.86. The predicted octanol–water partition coefficient (Wildman–Crippen LogP) is 1.28. The Labute approximate surface area is 72.1 Å². The van der Waals surface area contributed by atoms with Gasteiger partial charge in [0, 0.05) is 18.0 Å². The van der Waals surface area contributed by atoms with Crippen LogP contribution in [0.4, 0.5) is 0 Å². The van der Waals surface area contributed by atoms with Crippen molar-refractivity contribution in [2.75, 3.05) is 6.54 Å². The summed E-state index contributed by atoms with van der Waals surface area (Å²) in [5, 5.41) is 7.20. The largest absolute Gasteiger partial charge is 0.361 e. The van der Waals surface area contributed by atoms with Gasteiger partial charge >= 0.3 is 0 Å². The third-order valence-electron chi connectivity index (χ3n) is 2.44. The normalized spacial score (nSPS) is 23.2. The summed E-state index contributed by atoms with van der Waals surface area (Å²) in [4.78, 5) is 0. The molecule has 1 atom stereocenters. The SMILES string of the molecule is Cc1cnoc1CC1CCCN1. The zero-order valence-corrected chi connectivity index (χ0v) is 7.34. The van der Waals surface area contributed by atoms with Crippen LogP contribution in [0.5, 0.6) is 0 Å². The van der Waals surface area contributed by atoms with Crippen molar-refractivity contribution in [3.8, 4) is 0 Å². The van der Waals surface area contributed by atoms with Crippen molar-refractivity contribution < 1.29 is 4.52 Å². The highest BCUT2D eigenvalue weighted by Crippen LogP contribution is 2.14. The molecule has 1 aliphatic heterocycles. The fourth-order valence-corrected chi connectivity index (χ4v) is 1.67. The summed E-state index contributed by atoms with van der Waals surface area (Å²) in [5.41, 5.74) is 1.17. The molecule has 0 aromatic carbocycles. The summed E-state index contributed by atoms with van der Waals surface area (Å²) in [6.45, 7) is 3.19. The first-order valence-electron chi connectivity index (χ1n) is 4.50. The second-order valence-corrected chi connectivity index (χ2v) is 3.43. The van der Waals surface area contributed by atoms with Crippen LogP contribution < -0.4 is 5.32 Å². The Morgan fingerprint density at radius 2 is 2.67 bits per heavy atom. The maximum absolute atomic E-state index is 5.14. The number of aryl methyl sites for hydroxylation is 1. The molecular formula is C9H14N2O. The lowest BCUT2D eigenvalue weighted by atomic mass is 10.1. The van der Waals surface area contributed by atoms with Crippen LogP contribution in [0.2, 0.25) is 0 Å². The van der Waals surface area contributed by atoms with E-state index in [-0.39, 0.29) is 0 Å². The Hall–Kier alpha value is -0.830. The van der Waals surface area contributed by atoms with Gasteiger partial charge in [-0.15, -0.1) is 0 Å². The van der Waals surface area contributed by atoms with Crippen molar-refractivity contribution in [3.05, 3.63) is 17.5 Å². The van der Waals surface area contributed by atoms with Crippen molar-refractivity contribution in [2.45, 2.75) is 32.2 Å². The van der Waals surface area contributed by atoms with Gasteiger partial charge in [0.05, 0.1) is 6.20 Å². The van der Waals surface area contributed by atoms with Crippen LogP contribution in [-0.4, -0.2) is 17.7 Å². The minimum absolute atomic E-state index is 0.608. The van der Waals surface area contributed by atoms with Gasteiger partial charge in [0.1, 0.15) is 5.76 Å². The topological polar surface area (TPSA) is 38.1 Å². The molecule has 1 aromatic rings. The number of hydrogen-bond acceptors (Lipinski definition) is 3. The number of rotatable bonds is 2. The summed E-state index contributed by atoms with van der Waals surface area (Å²) in [6, 6.07) is 0.608. The molecule has 0 amide bonds. The number of nitrogens with one attached hydrogen (secondary N) is 1. The molecule has 2 rings (SSSR count). The van der Waals surface area contributed by atoms with E-state index in [1.165, 1.54) is 18.4 Å². The average Bonchev–Trinajstić information content (AvgIpc) is 2.65. The molecule has 0 radical (unpaired) electrons. The average molecular weight is 166 g/mol. The molecule has 1 N–H and O–H groups in total. The van der Waals surface area contributed by atoms with Crippen LogP contribution in [0.3, 0.4) is 0 Å². The molecule has 1 fully saturated rings. The van der Waals surface area contributed by atoms with Crippen LogP contribution in [0.15, 0.2) is 10.7 Å². The van der Waals surface area contributed by atoms with E-state index in [0.717, 1.165) is 18.7 Å². The van der Waals surface area contributed by atoms with E-state index < -0.39 is 0 Å². The van der Waals surface area contributed by atoms with Gasteiger partial charge in [0.25, 0.3) is 0 Å². The van der Waals surface area contributed by atoms with Gasteiger partial charge in [0.15, 0.2) is 0 Å². The first-order valence-corrected chi connectivity index (χ1v) is 4.50. The van der Waals surface area contributed by atoms with Gasteiger partial charge in [-0.1, -0.05) is 5.16 Å². The predicted molar refractivity (Wildman–Crippen MR) is 46.0 cm³/mol. The standard InChI is InChI=1S/C9H14N2O/c1-7-6-11-12-9(7)5-8-3-2-4-10-8/h6,8,10H,2-5H2,1H3. The number of aromatic nitrogens is 1. The van der Waals surface area contributed by atoms with Crippen LogP contribution in [0.1, 0.15) is 24.2 Å². The van der Waals surface area contributed by atoms with E-state index in [1.54, 1.807) is 6.20 Å². The molecule has 1 saturated heterocycles. The first kappa shape index (κ1) is 7.80. The highest BCUT2D eigenvalue weighted by atomic mass is 16.5. The van der Waals surface area contributed by atoms with E-state index >= 15 is 0 Å². The van der Waals surface area contributed by atoms with Crippen molar-refractivity contribution in [1.29, 1.82) is 0 Å². The minimum Gasteiger partial charge on any atom is -0.361 e. The fraction of sp³-hybridized carbons (Fsp3) is 0.667. The third-order valence-corrected chi connectivity index (χ3v) is 2.44. The van der Waals surface area contributed by atoms with Gasteiger partial charge in [-0.3, -0.25) is 0 Å². The molecule has 0 bridgehead atoms. The summed E-state index contributed by atoms with van der Waals surface area (Å²) in [5.74, 6) is 1.04. The molecular weight excluding hydrogens is 152 g/mol. The molecule has 12 heavy (non-hydrogen) atoms. The monoisotopic (exact) mass is 166 g/mol.